The maximum atomic E-state index is 5.19. The second kappa shape index (κ2) is 36.2. The summed E-state index contributed by atoms with van der Waals surface area (Å²) in [6, 6.07) is 133. The fraction of sp³-hybridized carbons (Fsp3) is 0. The van der Waals surface area contributed by atoms with Gasteiger partial charge in [0.1, 0.15) is 44.9 Å². The van der Waals surface area contributed by atoms with Crippen molar-refractivity contribution in [3.63, 3.8) is 0 Å². The Labute approximate surface area is 805 Å². The third kappa shape index (κ3) is 16.2. The Bertz CT molecular complexity index is 8370. The summed E-state index contributed by atoms with van der Waals surface area (Å²) in [6.07, 6.45) is 16.5. The van der Waals surface area contributed by atoms with Crippen LogP contribution < -0.4 is 0 Å². The van der Waals surface area contributed by atoms with E-state index in [4.69, 9.17) is 74.8 Å². The van der Waals surface area contributed by atoms with Gasteiger partial charge < -0.3 is 0 Å². The Morgan fingerprint density at radius 2 is 0.411 bits per heavy atom. The summed E-state index contributed by atoms with van der Waals surface area (Å²) >= 11 is 0. The van der Waals surface area contributed by atoms with Gasteiger partial charge in [-0.25, -0.2) is 74.8 Å². The van der Waals surface area contributed by atoms with Crippen LogP contribution in [-0.4, -0.2) is 108 Å². The number of benzene rings is 11. The number of imidazole rings is 3. The zero-order chi connectivity index (χ0) is 93.5. The largest absolute Gasteiger partial charge is 0.284 e. The van der Waals surface area contributed by atoms with Crippen molar-refractivity contribution >= 4 is 82.8 Å². The number of rotatable bonds is 15. The Hall–Kier alpha value is -19.9. The molecule has 16 heterocycles. The zero-order valence-corrected chi connectivity index (χ0v) is 75.1. The molecule has 27 rings (SSSR count). The first-order valence-electron chi connectivity index (χ1n) is 46.0. The number of fused-ring (bicyclic) bond motifs is 15. The molecule has 22 heteroatoms. The third-order valence-corrected chi connectivity index (χ3v) is 24.9. The van der Waals surface area contributed by atoms with Gasteiger partial charge >= 0.3 is 0 Å². The molecular formula is C119H74N22. The minimum absolute atomic E-state index is 0.496. The monoisotopic (exact) mass is 1810 g/mol. The van der Waals surface area contributed by atoms with E-state index in [1.54, 1.807) is 37.2 Å². The van der Waals surface area contributed by atoms with Crippen LogP contribution in [0.15, 0.2) is 450 Å². The minimum Gasteiger partial charge on any atom is -0.284 e. The molecule has 0 saturated heterocycles. The van der Waals surface area contributed by atoms with Gasteiger partial charge in [0.25, 0.3) is 0 Å². The van der Waals surface area contributed by atoms with Crippen LogP contribution in [0.4, 0.5) is 0 Å². The number of pyridine rings is 10. The van der Waals surface area contributed by atoms with Crippen LogP contribution in [0.3, 0.4) is 0 Å². The van der Waals surface area contributed by atoms with Crippen LogP contribution >= 0.6 is 0 Å². The van der Waals surface area contributed by atoms with Gasteiger partial charge in [-0.05, 0) is 137 Å². The maximum Gasteiger partial charge on any atom is 0.182 e. The fourth-order valence-electron chi connectivity index (χ4n) is 18.0. The van der Waals surface area contributed by atoms with Crippen molar-refractivity contribution in [2.75, 3.05) is 0 Å². The highest BCUT2D eigenvalue weighted by Crippen LogP contribution is 2.41. The standard InChI is InChI=1S/C41H26N6.2C39H24N8/c1-3-12-28(13-4-1)38-44-39(29-14-5-2-6-15-29)46-40(45-38)30-23-21-27(22-24-30)31-16-11-17-32(26-31)36-33-18-7-8-19-34(33)37-41(43-36)47-25-10-9-20-35(47)42-37;1-2-13-30-29(12-1)34(43-39-35(30)42-33-16-5-8-23-47(33)39)28-11-9-10-27(24-28)25-17-19-26(20-18-25)36-44-37(31-14-3-6-21-40-31)46-38(45-36)32-15-4-7-22-41-32;1-2-13-32-31(12-1)34(43-39-35(32)42-33-14-3-4-21-47(33)39)28-9-5-8-27(22-28)25-15-17-26(18-16-25)36-44-37(29-10-6-19-40-23-29)46-38(45-36)30-11-7-20-41-24-30/h1-26H;2*1-24H. The van der Waals surface area contributed by atoms with Gasteiger partial charge in [-0.2, -0.15) is 0 Å². The Morgan fingerprint density at radius 3 is 0.723 bits per heavy atom. The van der Waals surface area contributed by atoms with Crippen molar-refractivity contribution < 1.29 is 0 Å². The van der Waals surface area contributed by atoms with Crippen LogP contribution in [0.1, 0.15) is 0 Å². The number of nitrogens with zero attached hydrogens (tertiary/aromatic N) is 22. The first-order valence-corrected chi connectivity index (χ1v) is 46.0. The summed E-state index contributed by atoms with van der Waals surface area (Å²) in [7, 11) is 0. The normalized spacial score (nSPS) is 11.4. The molecule has 0 aliphatic carbocycles. The minimum atomic E-state index is 0.496. The quantitative estimate of drug-likeness (QED) is 0.0923. The lowest BCUT2D eigenvalue weighted by atomic mass is 9.98. The Kier molecular flexibility index (Phi) is 21.3. The molecule has 22 nitrogen and oxygen atoms in total. The Morgan fingerprint density at radius 1 is 0.156 bits per heavy atom. The average Bonchev–Trinajstić information content (AvgIpc) is 1.61. The highest BCUT2D eigenvalue weighted by atomic mass is 15.1. The lowest BCUT2D eigenvalue weighted by Gasteiger charge is -2.11. The SMILES string of the molecule is c1ccc(-c2nc(-c3ccc(-c4cccc(-c5nc6c(nc7ccccn76)c6ccccc56)c4)cc3)nc(-c3ccccn3)n2)nc1.c1ccc(-c2nc(-c3ccccc3)nc(-c3ccc(-c4cccc(-c5nc6c(nc7ccccn76)c6ccccc56)c4)cc3)n2)cc1.c1cncc(-c2nc(-c3ccc(-c4cccc(-c5nc6c(nc7ccccn76)c6ccccc56)c4)cc3)nc(-c3cccnc3)n2)c1. The molecule has 141 heavy (non-hydrogen) atoms. The maximum absolute atomic E-state index is 5.19. The van der Waals surface area contributed by atoms with E-state index in [-0.39, 0.29) is 0 Å². The summed E-state index contributed by atoms with van der Waals surface area (Å²) in [5.74, 6) is 5.17. The molecular weight excluding hydrogens is 1740 g/mol. The van der Waals surface area contributed by atoms with Gasteiger partial charge in [-0.1, -0.05) is 291 Å². The van der Waals surface area contributed by atoms with Crippen molar-refractivity contribution in [2.24, 2.45) is 0 Å². The lowest BCUT2D eigenvalue weighted by molar-refractivity contribution is 1.05. The molecule has 0 radical (unpaired) electrons. The summed E-state index contributed by atoms with van der Waals surface area (Å²) in [4.78, 5) is 91.0. The first kappa shape index (κ1) is 83.0. The van der Waals surface area contributed by atoms with Gasteiger partial charge in [-0.15, -0.1) is 0 Å². The van der Waals surface area contributed by atoms with Gasteiger partial charge in [0.15, 0.2) is 69.4 Å². The fourth-order valence-corrected chi connectivity index (χ4v) is 18.0. The van der Waals surface area contributed by atoms with Gasteiger partial charge in [0.05, 0.1) is 17.1 Å². The molecule has 0 amide bonds. The predicted molar refractivity (Wildman–Crippen MR) is 557 cm³/mol. The molecule has 660 valence electrons. The van der Waals surface area contributed by atoms with Crippen LogP contribution in [0.25, 0.3) is 253 Å². The summed E-state index contributed by atoms with van der Waals surface area (Å²) in [6.45, 7) is 0. The Balaban J connectivity index is 0.000000111. The highest BCUT2D eigenvalue weighted by Gasteiger charge is 2.24. The van der Waals surface area contributed by atoms with E-state index in [1.165, 1.54) is 0 Å². The van der Waals surface area contributed by atoms with E-state index in [0.717, 1.165) is 189 Å². The predicted octanol–water partition coefficient (Wildman–Crippen LogP) is 26.2. The molecule has 0 aliphatic rings. The van der Waals surface area contributed by atoms with Crippen LogP contribution in [0.2, 0.25) is 0 Å². The molecule has 27 aromatic rings. The van der Waals surface area contributed by atoms with Crippen molar-refractivity contribution in [1.29, 1.82) is 0 Å². The second-order valence-corrected chi connectivity index (χ2v) is 33.7. The smallest absolute Gasteiger partial charge is 0.182 e. The molecule has 0 bridgehead atoms. The highest BCUT2D eigenvalue weighted by molar-refractivity contribution is 6.12. The topological polar surface area (TPSA) is 258 Å². The molecule has 0 N–H and O–H groups in total. The van der Waals surface area contributed by atoms with E-state index < -0.39 is 0 Å². The van der Waals surface area contributed by atoms with Gasteiger partial charge in [-0.3, -0.25) is 33.1 Å². The lowest BCUT2D eigenvalue weighted by Crippen LogP contribution is -2.01. The third-order valence-electron chi connectivity index (χ3n) is 24.9. The van der Waals surface area contributed by atoms with Crippen LogP contribution in [0, 0.1) is 0 Å². The molecule has 0 unspecified atom stereocenters. The average molecular weight is 1810 g/mol. The molecule has 11 aromatic carbocycles. The van der Waals surface area contributed by atoms with Gasteiger partial charge in [0.2, 0.25) is 0 Å². The molecule has 0 spiro atoms. The first-order chi connectivity index (χ1) is 69.8. The zero-order valence-electron chi connectivity index (χ0n) is 75.1. The van der Waals surface area contributed by atoms with Gasteiger partial charge in [0, 0.05) is 144 Å². The number of hydrogen-bond donors (Lipinski definition) is 0. The molecule has 0 saturated carbocycles. The van der Waals surface area contributed by atoms with Crippen molar-refractivity contribution in [3.8, 4) is 170 Å². The van der Waals surface area contributed by atoms with Crippen molar-refractivity contribution in [2.45, 2.75) is 0 Å². The summed E-state index contributed by atoms with van der Waals surface area (Å²) in [5.41, 5.74) is 27.9. The van der Waals surface area contributed by atoms with Crippen LogP contribution in [0.5, 0.6) is 0 Å². The molecule has 16 aromatic heterocycles. The van der Waals surface area contributed by atoms with Crippen molar-refractivity contribution in [3.05, 3.63) is 450 Å². The van der Waals surface area contributed by atoms with E-state index >= 15 is 0 Å². The van der Waals surface area contributed by atoms with Crippen molar-refractivity contribution in [1.82, 2.24) is 108 Å². The molecule has 0 atom stereocenters. The molecule has 0 aliphatic heterocycles. The van der Waals surface area contributed by atoms with E-state index in [2.05, 4.69) is 235 Å². The van der Waals surface area contributed by atoms with E-state index in [1.807, 2.05) is 211 Å². The van der Waals surface area contributed by atoms with E-state index in [0.29, 0.717) is 63.8 Å². The summed E-state index contributed by atoms with van der Waals surface area (Å²) < 4.78 is 6.16. The second-order valence-electron chi connectivity index (χ2n) is 33.7. The number of hydrogen-bond acceptors (Lipinski definition) is 19. The van der Waals surface area contributed by atoms with E-state index in [9.17, 15) is 0 Å². The summed E-state index contributed by atoms with van der Waals surface area (Å²) in [5, 5.41) is 6.47. The molecule has 0 fully saturated rings. The number of aromatic nitrogens is 22. The van der Waals surface area contributed by atoms with Crippen LogP contribution in [-0.2, 0) is 0 Å².